The third kappa shape index (κ3) is 1.41. The molecule has 1 aliphatic rings. The van der Waals surface area contributed by atoms with Crippen LogP contribution in [0.4, 0.5) is 4.79 Å². The summed E-state index contributed by atoms with van der Waals surface area (Å²) in [7, 11) is 0. The molecule has 1 rings (SSSR count). The minimum Gasteiger partial charge on any atom is -1.00 e. The van der Waals surface area contributed by atoms with Crippen molar-refractivity contribution in [1.29, 1.82) is 0 Å². The van der Waals surface area contributed by atoms with Crippen molar-refractivity contribution in [2.24, 2.45) is 0 Å². The van der Waals surface area contributed by atoms with Crippen LogP contribution in [0.15, 0.2) is 0 Å². The average Bonchev–Trinajstić information content (AvgIpc) is 2.06. The molecule has 0 aromatic heterocycles. The Balaban J connectivity index is 0.00000121. The van der Waals surface area contributed by atoms with Gasteiger partial charge in [0.1, 0.15) is 0 Å². The van der Waals surface area contributed by atoms with Gasteiger partial charge in [0.15, 0.2) is 5.54 Å². The lowest BCUT2D eigenvalue weighted by Gasteiger charge is -2.23. The number of quaternary nitrogens is 1. The van der Waals surface area contributed by atoms with Gasteiger partial charge in [-0.1, -0.05) is 0 Å². The molecule has 1 unspecified atom stereocenters. The summed E-state index contributed by atoms with van der Waals surface area (Å²) in [6.07, 6.45) is 0. The lowest BCUT2D eigenvalue weighted by atomic mass is 10.1. The molecule has 0 bridgehead atoms. The van der Waals surface area contributed by atoms with Gasteiger partial charge in [-0.05, 0) is 0 Å². The molecule has 0 spiro atoms. The number of amides is 3. The highest BCUT2D eigenvalue weighted by atomic mass is 79.9. The molecule has 1 N–H and O–H groups in total. The van der Waals surface area contributed by atoms with E-state index in [0.717, 1.165) is 0 Å². The second-order valence-corrected chi connectivity index (χ2v) is 3.55. The maximum Gasteiger partial charge on any atom is 0.435 e. The molecule has 1 heterocycles. The van der Waals surface area contributed by atoms with Crippen LogP contribution < -0.4 is 22.0 Å². The van der Waals surface area contributed by atoms with Crippen LogP contribution in [-0.2, 0) is 4.79 Å². The standard InChI is InChI=1S/C5H7BrN2O3.BrH/c1-5(2)3(9)7(6)4(10)8(5)11;/h8H,1-2H3;1H/p-1. The Morgan fingerprint density at radius 3 is 2.00 bits per heavy atom. The number of hydrogen-bond acceptors (Lipinski definition) is 3. The maximum absolute atomic E-state index is 11.1. The average molecular weight is 303 g/mol. The van der Waals surface area contributed by atoms with Gasteiger partial charge < -0.3 is 22.2 Å². The number of hydrogen-bond donors (Lipinski definition) is 1. The molecular formula is C5H7Br2N2O3-. The molecule has 0 aliphatic carbocycles. The maximum atomic E-state index is 11.1. The molecule has 12 heavy (non-hydrogen) atoms. The smallest absolute Gasteiger partial charge is 0.435 e. The first-order valence-electron chi connectivity index (χ1n) is 2.98. The summed E-state index contributed by atoms with van der Waals surface area (Å²) in [5.74, 6) is -0.507. The number of nitrogens with zero attached hydrogens (tertiary/aromatic N) is 1. The van der Waals surface area contributed by atoms with Crippen LogP contribution in [0.3, 0.4) is 0 Å². The van der Waals surface area contributed by atoms with E-state index in [2.05, 4.69) is 16.1 Å². The number of imide groups is 1. The van der Waals surface area contributed by atoms with Gasteiger partial charge in [-0.25, -0.2) is 4.79 Å². The van der Waals surface area contributed by atoms with Gasteiger partial charge in [-0.15, -0.1) is 0 Å². The Morgan fingerprint density at radius 1 is 1.50 bits per heavy atom. The van der Waals surface area contributed by atoms with E-state index in [1.165, 1.54) is 13.8 Å². The predicted molar refractivity (Wildman–Crippen MR) is 39.6 cm³/mol. The number of carbonyl (C=O) groups excluding carboxylic acids is 2. The van der Waals surface area contributed by atoms with E-state index in [4.69, 9.17) is 0 Å². The summed E-state index contributed by atoms with van der Waals surface area (Å²) in [6.45, 7) is 2.85. The zero-order valence-electron chi connectivity index (χ0n) is 6.43. The minimum atomic E-state index is -1.19. The van der Waals surface area contributed by atoms with E-state index in [0.29, 0.717) is 3.93 Å². The van der Waals surface area contributed by atoms with Gasteiger partial charge in [0, 0.05) is 13.8 Å². The molecule has 0 saturated carbocycles. The van der Waals surface area contributed by atoms with Crippen molar-refractivity contribution in [1.82, 2.24) is 3.93 Å². The molecule has 0 radical (unpaired) electrons. The fourth-order valence-electron chi connectivity index (χ4n) is 0.791. The lowest BCUT2D eigenvalue weighted by Crippen LogP contribution is -3.15. The van der Waals surface area contributed by atoms with Crippen molar-refractivity contribution >= 4 is 28.1 Å². The minimum absolute atomic E-state index is 0. The number of carbonyl (C=O) groups is 2. The van der Waals surface area contributed by atoms with Gasteiger partial charge in [0.05, 0.1) is 16.1 Å². The first-order valence-corrected chi connectivity index (χ1v) is 3.69. The van der Waals surface area contributed by atoms with Crippen LogP contribution in [0.25, 0.3) is 0 Å². The fourth-order valence-corrected chi connectivity index (χ4v) is 1.40. The normalized spacial score (nSPS) is 27.3. The molecule has 1 fully saturated rings. The van der Waals surface area contributed by atoms with E-state index < -0.39 is 22.5 Å². The summed E-state index contributed by atoms with van der Waals surface area (Å²) in [4.78, 5) is 21.9. The highest BCUT2D eigenvalue weighted by Gasteiger charge is 2.52. The summed E-state index contributed by atoms with van der Waals surface area (Å²) < 4.78 is 0.676. The highest BCUT2D eigenvalue weighted by Crippen LogP contribution is 2.14. The SMILES string of the molecule is CC1(C)C(=O)N(Br)C(=O)[NH+]1[O-].[Br-]. The third-order valence-electron chi connectivity index (χ3n) is 1.65. The second kappa shape index (κ2) is 3.41. The van der Waals surface area contributed by atoms with Gasteiger partial charge in [-0.2, -0.15) is 3.93 Å². The molecule has 1 aliphatic heterocycles. The van der Waals surface area contributed by atoms with Crippen LogP contribution >= 0.6 is 16.1 Å². The summed E-state index contributed by atoms with van der Waals surface area (Å²) in [5.41, 5.74) is -1.19. The summed E-state index contributed by atoms with van der Waals surface area (Å²) in [6, 6.07) is -0.792. The van der Waals surface area contributed by atoms with E-state index in [9.17, 15) is 14.8 Å². The van der Waals surface area contributed by atoms with E-state index in [1.807, 2.05) is 0 Å². The quantitative estimate of drug-likeness (QED) is 0.286. The Labute approximate surface area is 88.4 Å². The Morgan fingerprint density at radius 2 is 1.92 bits per heavy atom. The van der Waals surface area contributed by atoms with Crippen LogP contribution in [0.1, 0.15) is 13.8 Å². The largest absolute Gasteiger partial charge is 1.00 e. The van der Waals surface area contributed by atoms with Crippen LogP contribution in [0.2, 0.25) is 0 Å². The number of hydroxylamine groups is 2. The van der Waals surface area contributed by atoms with Gasteiger partial charge in [0.2, 0.25) is 0 Å². The third-order valence-corrected chi connectivity index (χ3v) is 2.30. The van der Waals surface area contributed by atoms with Gasteiger partial charge in [-0.3, -0.25) is 9.86 Å². The van der Waals surface area contributed by atoms with E-state index >= 15 is 0 Å². The molecule has 5 nitrogen and oxygen atoms in total. The molecule has 0 aromatic carbocycles. The molecule has 70 valence electrons. The molecule has 7 heteroatoms. The monoisotopic (exact) mass is 301 g/mol. The first kappa shape index (κ1) is 12.0. The van der Waals surface area contributed by atoms with Crippen molar-refractivity contribution in [2.45, 2.75) is 19.4 Å². The molecule has 1 saturated heterocycles. The molecule has 1 atom stereocenters. The molecular weight excluding hydrogens is 296 g/mol. The number of rotatable bonds is 0. The lowest BCUT2D eigenvalue weighted by molar-refractivity contribution is -0.798. The van der Waals surface area contributed by atoms with Crippen molar-refractivity contribution in [3.63, 3.8) is 0 Å². The van der Waals surface area contributed by atoms with E-state index in [1.54, 1.807) is 0 Å². The van der Waals surface area contributed by atoms with E-state index in [-0.39, 0.29) is 17.0 Å². The second-order valence-electron chi connectivity index (χ2n) is 2.85. The van der Waals surface area contributed by atoms with Crippen molar-refractivity contribution in [2.75, 3.05) is 0 Å². The number of urea groups is 1. The predicted octanol–water partition coefficient (Wildman–Crippen LogP) is -3.58. The van der Waals surface area contributed by atoms with Gasteiger partial charge >= 0.3 is 11.9 Å². The number of halogens is 2. The van der Waals surface area contributed by atoms with Crippen LogP contribution in [0, 0.1) is 5.21 Å². The zero-order valence-corrected chi connectivity index (χ0v) is 9.60. The van der Waals surface area contributed by atoms with Crippen LogP contribution in [0.5, 0.6) is 0 Å². The fraction of sp³-hybridized carbons (Fsp3) is 0.600. The number of nitrogens with one attached hydrogen (secondary N) is 1. The highest BCUT2D eigenvalue weighted by molar-refractivity contribution is 9.08. The molecule has 0 aromatic rings. The Kier molecular flexibility index (Phi) is 3.41. The van der Waals surface area contributed by atoms with Crippen molar-refractivity contribution < 1.29 is 31.6 Å². The zero-order chi connectivity index (χ0) is 8.81. The topological polar surface area (TPSA) is 64.9 Å². The summed E-state index contributed by atoms with van der Waals surface area (Å²) >= 11 is 2.70. The summed E-state index contributed by atoms with van der Waals surface area (Å²) in [5, 5.41) is 10.3. The first-order chi connectivity index (χ1) is 4.89. The Bertz CT molecular complexity index is 231. The van der Waals surface area contributed by atoms with Gasteiger partial charge in [0.25, 0.3) is 0 Å². The Hall–Kier alpha value is 0.0200. The molecule has 3 amide bonds. The van der Waals surface area contributed by atoms with Crippen LogP contribution in [-0.4, -0.2) is 21.4 Å². The van der Waals surface area contributed by atoms with Crippen molar-refractivity contribution in [3.05, 3.63) is 5.21 Å². The van der Waals surface area contributed by atoms with Crippen molar-refractivity contribution in [3.8, 4) is 0 Å².